The number of benzene rings is 1. The van der Waals surface area contributed by atoms with Crippen molar-refractivity contribution in [1.29, 1.82) is 0 Å². The number of carbonyl (C=O) groups is 4. The lowest BCUT2D eigenvalue weighted by Gasteiger charge is -2.26. The van der Waals surface area contributed by atoms with E-state index >= 15 is 0 Å². The molecule has 0 fully saturated rings. The molecule has 0 saturated carbocycles. The lowest BCUT2D eigenvalue weighted by Crippen LogP contribution is -2.58. The fraction of sp³-hybridized carbons (Fsp3) is 0.538. The molecule has 1 heterocycles. The molecule has 210 valence electrons. The van der Waals surface area contributed by atoms with Gasteiger partial charge in [0.1, 0.15) is 12.1 Å². The first kappa shape index (κ1) is 31.1. The summed E-state index contributed by atoms with van der Waals surface area (Å²) in [7, 11) is 0. The van der Waals surface area contributed by atoms with Crippen LogP contribution in [0.25, 0.3) is 10.9 Å². The Bertz CT molecular complexity index is 1100. The van der Waals surface area contributed by atoms with Crippen molar-refractivity contribution in [3.63, 3.8) is 0 Å². The summed E-state index contributed by atoms with van der Waals surface area (Å²) in [6.07, 6.45) is 3.11. The number of H-pyrrole nitrogens is 1. The number of aliphatic hydroxyl groups is 1. The number of aromatic nitrogens is 1. The van der Waals surface area contributed by atoms with Crippen molar-refractivity contribution in [3.05, 3.63) is 36.0 Å². The summed E-state index contributed by atoms with van der Waals surface area (Å²) >= 11 is 1.46. The molecule has 12 heteroatoms. The largest absolute Gasteiger partial charge is 0.480 e. The monoisotopic (exact) mass is 549 g/mol. The molecule has 5 atom stereocenters. The Kier molecular flexibility index (Phi) is 12.1. The third kappa shape index (κ3) is 9.03. The predicted octanol–water partition coefficient (Wildman–Crippen LogP) is 0.757. The Morgan fingerprint density at radius 3 is 2.24 bits per heavy atom. The minimum atomic E-state index is -1.52. The number of thioether (sulfide) groups is 1. The molecular formula is C26H39N5O6S. The number of rotatable bonds is 15. The summed E-state index contributed by atoms with van der Waals surface area (Å²) < 4.78 is 0. The maximum absolute atomic E-state index is 13.2. The molecule has 1 aromatic carbocycles. The number of carboxylic acids is 1. The van der Waals surface area contributed by atoms with Gasteiger partial charge in [0.25, 0.3) is 0 Å². The molecule has 0 aliphatic carbocycles. The highest BCUT2D eigenvalue weighted by molar-refractivity contribution is 7.98. The lowest BCUT2D eigenvalue weighted by molar-refractivity contribution is -0.145. The number of fused-ring (bicyclic) bond motifs is 1. The second-order valence-corrected chi connectivity index (χ2v) is 10.8. The van der Waals surface area contributed by atoms with Gasteiger partial charge in [0, 0.05) is 17.1 Å². The molecule has 11 nitrogen and oxygen atoms in total. The maximum atomic E-state index is 13.2. The smallest absolute Gasteiger partial charge is 0.328 e. The Morgan fingerprint density at radius 2 is 1.63 bits per heavy atom. The van der Waals surface area contributed by atoms with E-state index in [1.54, 1.807) is 0 Å². The third-order valence-corrected chi connectivity index (χ3v) is 6.73. The molecule has 5 unspecified atom stereocenters. The highest BCUT2D eigenvalue weighted by Gasteiger charge is 2.32. The van der Waals surface area contributed by atoms with Crippen molar-refractivity contribution in [1.82, 2.24) is 20.9 Å². The molecule has 38 heavy (non-hydrogen) atoms. The van der Waals surface area contributed by atoms with Gasteiger partial charge in [-0.1, -0.05) is 32.0 Å². The molecule has 0 saturated heterocycles. The number of amides is 3. The quantitative estimate of drug-likeness (QED) is 0.170. The van der Waals surface area contributed by atoms with Crippen LogP contribution in [-0.4, -0.2) is 81.2 Å². The number of nitrogens with one attached hydrogen (secondary N) is 4. The van der Waals surface area contributed by atoms with Crippen molar-refractivity contribution in [2.24, 2.45) is 11.7 Å². The Hall–Kier alpha value is -3.09. The summed E-state index contributed by atoms with van der Waals surface area (Å²) in [5, 5.41) is 27.6. The van der Waals surface area contributed by atoms with Crippen molar-refractivity contribution in [2.45, 2.75) is 70.3 Å². The Balaban J connectivity index is 2.12. The van der Waals surface area contributed by atoms with Crippen molar-refractivity contribution >= 4 is 46.4 Å². The van der Waals surface area contributed by atoms with E-state index in [0.717, 1.165) is 16.5 Å². The van der Waals surface area contributed by atoms with Crippen LogP contribution in [-0.2, 0) is 25.6 Å². The van der Waals surface area contributed by atoms with Crippen molar-refractivity contribution < 1.29 is 29.4 Å². The van der Waals surface area contributed by atoms with Crippen LogP contribution < -0.4 is 21.7 Å². The number of para-hydroxylation sites is 1. The summed E-state index contributed by atoms with van der Waals surface area (Å²) in [5.74, 6) is -2.64. The van der Waals surface area contributed by atoms with Gasteiger partial charge in [-0.3, -0.25) is 14.4 Å². The molecule has 3 amide bonds. The number of carbonyl (C=O) groups excluding carboxylic acids is 3. The van der Waals surface area contributed by atoms with E-state index in [4.69, 9.17) is 5.73 Å². The van der Waals surface area contributed by atoms with Crippen LogP contribution in [0.2, 0.25) is 0 Å². The first-order valence-electron chi connectivity index (χ1n) is 12.6. The molecule has 0 spiro atoms. The minimum absolute atomic E-state index is 0.0426. The van der Waals surface area contributed by atoms with Crippen LogP contribution >= 0.6 is 11.8 Å². The van der Waals surface area contributed by atoms with Gasteiger partial charge in [-0.15, -0.1) is 0 Å². The molecule has 8 N–H and O–H groups in total. The molecule has 0 radical (unpaired) electrons. The zero-order valence-electron chi connectivity index (χ0n) is 22.2. The molecule has 0 aliphatic rings. The van der Waals surface area contributed by atoms with E-state index in [0.29, 0.717) is 12.2 Å². The van der Waals surface area contributed by atoms with Crippen LogP contribution in [0.3, 0.4) is 0 Å². The molecule has 2 rings (SSSR count). The number of hydrogen-bond acceptors (Lipinski definition) is 7. The SMILES string of the molecule is CSCCC(NC(=O)C(CC(C)C)NC(=O)C(N)Cc1c[nH]c2ccccc12)C(=O)NC(C(=O)O)C(C)O. The van der Waals surface area contributed by atoms with Gasteiger partial charge in [0.2, 0.25) is 17.7 Å². The lowest BCUT2D eigenvalue weighted by atomic mass is 10.0. The number of hydrogen-bond donors (Lipinski definition) is 7. The topological polar surface area (TPSA) is 187 Å². The van der Waals surface area contributed by atoms with Gasteiger partial charge >= 0.3 is 5.97 Å². The normalized spacial score (nSPS) is 15.3. The number of nitrogens with two attached hydrogens (primary N) is 1. The fourth-order valence-corrected chi connectivity index (χ4v) is 4.50. The molecule has 0 aliphatic heterocycles. The summed E-state index contributed by atoms with van der Waals surface area (Å²) in [4.78, 5) is 53.6. The van der Waals surface area contributed by atoms with E-state index < -0.39 is 54.0 Å². The van der Waals surface area contributed by atoms with Gasteiger partial charge in [0.05, 0.1) is 12.1 Å². The van der Waals surface area contributed by atoms with Crippen LogP contribution in [0.1, 0.15) is 39.2 Å². The average molecular weight is 550 g/mol. The second-order valence-electron chi connectivity index (χ2n) is 9.77. The highest BCUT2D eigenvalue weighted by Crippen LogP contribution is 2.19. The summed E-state index contributed by atoms with van der Waals surface area (Å²) in [6.45, 7) is 5.05. The summed E-state index contributed by atoms with van der Waals surface area (Å²) in [6, 6.07) is 3.24. The van der Waals surface area contributed by atoms with Gasteiger partial charge in [-0.2, -0.15) is 11.8 Å². The van der Waals surface area contributed by atoms with Gasteiger partial charge < -0.3 is 36.9 Å². The maximum Gasteiger partial charge on any atom is 0.328 e. The molecule has 1 aromatic heterocycles. The third-order valence-electron chi connectivity index (χ3n) is 6.08. The average Bonchev–Trinajstić information content (AvgIpc) is 3.26. The molecule has 2 aromatic rings. The minimum Gasteiger partial charge on any atom is -0.480 e. The second kappa shape index (κ2) is 14.7. The van der Waals surface area contributed by atoms with Crippen LogP contribution in [0, 0.1) is 5.92 Å². The first-order chi connectivity index (χ1) is 17.9. The van der Waals surface area contributed by atoms with E-state index in [1.807, 2.05) is 50.6 Å². The number of carboxylic acid groups (broad SMARTS) is 1. The van der Waals surface area contributed by atoms with Crippen LogP contribution in [0.5, 0.6) is 0 Å². The zero-order chi connectivity index (χ0) is 28.4. The van der Waals surface area contributed by atoms with Crippen molar-refractivity contribution in [3.8, 4) is 0 Å². The Morgan fingerprint density at radius 1 is 1.00 bits per heavy atom. The zero-order valence-corrected chi connectivity index (χ0v) is 23.0. The number of aliphatic carboxylic acids is 1. The van der Waals surface area contributed by atoms with Gasteiger partial charge in [-0.05, 0) is 55.7 Å². The Labute approximate surface area is 226 Å². The van der Waals surface area contributed by atoms with E-state index in [2.05, 4.69) is 20.9 Å². The molecule has 0 bridgehead atoms. The van der Waals surface area contributed by atoms with E-state index in [-0.39, 0.29) is 18.8 Å². The number of aliphatic hydroxyl groups excluding tert-OH is 1. The van der Waals surface area contributed by atoms with Crippen LogP contribution in [0.15, 0.2) is 30.5 Å². The van der Waals surface area contributed by atoms with Crippen molar-refractivity contribution in [2.75, 3.05) is 12.0 Å². The molecular weight excluding hydrogens is 510 g/mol. The number of aromatic amines is 1. The predicted molar refractivity (Wildman–Crippen MR) is 148 cm³/mol. The fourth-order valence-electron chi connectivity index (χ4n) is 4.03. The van der Waals surface area contributed by atoms with Crippen LogP contribution in [0.4, 0.5) is 0 Å². The summed E-state index contributed by atoms with van der Waals surface area (Å²) in [5.41, 5.74) is 8.02. The van der Waals surface area contributed by atoms with E-state index in [1.165, 1.54) is 18.7 Å². The van der Waals surface area contributed by atoms with Gasteiger partial charge in [-0.25, -0.2) is 4.79 Å². The standard InChI is InChI=1S/C26H39N5O6S/c1-14(2)11-21(30-23(33)18(27)12-16-13-28-19-8-6-5-7-17(16)19)25(35)29-20(9-10-38-4)24(34)31-22(15(3)32)26(36)37/h5-8,13-15,18,20-22,28,32H,9-12,27H2,1-4H3,(H,29,35)(H,30,33)(H,31,34)(H,36,37). The van der Waals surface area contributed by atoms with Gasteiger partial charge in [0.15, 0.2) is 6.04 Å². The van der Waals surface area contributed by atoms with E-state index in [9.17, 15) is 29.4 Å². The highest BCUT2D eigenvalue weighted by atomic mass is 32.2. The first-order valence-corrected chi connectivity index (χ1v) is 13.9.